The molecule has 0 saturated heterocycles. The Morgan fingerprint density at radius 2 is 2.00 bits per heavy atom. The molecule has 1 heterocycles. The molecule has 0 saturated carbocycles. The molecular formula is C15H28N2O. The Balaban J connectivity index is 2.54. The summed E-state index contributed by atoms with van der Waals surface area (Å²) in [4.78, 5) is 2.31. The first-order valence-electron chi connectivity index (χ1n) is 6.77. The van der Waals surface area contributed by atoms with Crippen molar-refractivity contribution < 1.29 is 4.42 Å². The zero-order valence-corrected chi connectivity index (χ0v) is 12.7. The van der Waals surface area contributed by atoms with Gasteiger partial charge in [-0.1, -0.05) is 13.8 Å². The molecule has 1 aromatic heterocycles. The maximum Gasteiger partial charge on any atom is 0.122 e. The summed E-state index contributed by atoms with van der Waals surface area (Å²) < 4.78 is 5.60. The summed E-state index contributed by atoms with van der Waals surface area (Å²) in [5.41, 5.74) is 1.40. The van der Waals surface area contributed by atoms with Crippen LogP contribution < -0.4 is 5.32 Å². The average molecular weight is 252 g/mol. The van der Waals surface area contributed by atoms with E-state index in [9.17, 15) is 0 Å². The van der Waals surface area contributed by atoms with Crippen LogP contribution in [0.5, 0.6) is 0 Å². The number of furan rings is 1. The Morgan fingerprint density at radius 3 is 2.56 bits per heavy atom. The monoisotopic (exact) mass is 252 g/mol. The fourth-order valence-corrected chi connectivity index (χ4v) is 1.96. The fourth-order valence-electron chi connectivity index (χ4n) is 1.96. The van der Waals surface area contributed by atoms with Crippen LogP contribution in [0.25, 0.3) is 0 Å². The van der Waals surface area contributed by atoms with Crippen molar-refractivity contribution in [2.75, 3.05) is 13.6 Å². The smallest absolute Gasteiger partial charge is 0.122 e. The Hall–Kier alpha value is -0.800. The summed E-state index contributed by atoms with van der Waals surface area (Å²) in [6.45, 7) is 13.8. The Bertz CT molecular complexity index is 350. The zero-order valence-electron chi connectivity index (χ0n) is 12.7. The van der Waals surface area contributed by atoms with E-state index in [1.54, 1.807) is 6.26 Å². The van der Waals surface area contributed by atoms with E-state index >= 15 is 0 Å². The molecule has 0 radical (unpaired) electrons. The van der Waals surface area contributed by atoms with Crippen molar-refractivity contribution in [3.05, 3.63) is 23.7 Å². The second-order valence-electron chi connectivity index (χ2n) is 6.56. The van der Waals surface area contributed by atoms with Gasteiger partial charge in [0.25, 0.3) is 0 Å². The first-order chi connectivity index (χ1) is 8.28. The molecule has 3 heteroatoms. The average Bonchev–Trinajstić information content (AvgIpc) is 2.59. The summed E-state index contributed by atoms with van der Waals surface area (Å²) in [6.07, 6.45) is 1.79. The summed E-state index contributed by atoms with van der Waals surface area (Å²) in [7, 11) is 2.14. The predicted molar refractivity (Wildman–Crippen MR) is 76.5 cm³/mol. The van der Waals surface area contributed by atoms with E-state index < -0.39 is 0 Å². The number of hydrogen-bond acceptors (Lipinski definition) is 3. The molecule has 0 bridgehead atoms. The second kappa shape index (κ2) is 6.39. The van der Waals surface area contributed by atoms with Gasteiger partial charge in [-0.15, -0.1) is 0 Å². The minimum absolute atomic E-state index is 0.137. The van der Waals surface area contributed by atoms with Gasteiger partial charge < -0.3 is 9.73 Å². The van der Waals surface area contributed by atoms with Crippen molar-refractivity contribution in [2.45, 2.75) is 53.2 Å². The van der Waals surface area contributed by atoms with Crippen LogP contribution in [-0.4, -0.2) is 24.0 Å². The van der Waals surface area contributed by atoms with Crippen molar-refractivity contribution in [3.63, 3.8) is 0 Å². The van der Waals surface area contributed by atoms with Crippen molar-refractivity contribution in [1.29, 1.82) is 0 Å². The van der Waals surface area contributed by atoms with E-state index in [4.69, 9.17) is 4.42 Å². The molecule has 1 aromatic rings. The van der Waals surface area contributed by atoms with E-state index in [2.05, 4.69) is 57.9 Å². The third kappa shape index (κ3) is 5.69. The number of hydrogen-bond donors (Lipinski definition) is 1. The molecule has 0 amide bonds. The van der Waals surface area contributed by atoms with Crippen molar-refractivity contribution in [3.8, 4) is 0 Å². The van der Waals surface area contributed by atoms with Gasteiger partial charge in [0, 0.05) is 24.2 Å². The van der Waals surface area contributed by atoms with Crippen LogP contribution in [0.1, 0.15) is 45.9 Å². The van der Waals surface area contributed by atoms with Crippen LogP contribution in [-0.2, 0) is 13.1 Å². The fraction of sp³-hybridized carbons (Fsp3) is 0.733. The second-order valence-corrected chi connectivity index (χ2v) is 6.56. The molecular weight excluding hydrogens is 224 g/mol. The maximum atomic E-state index is 5.60. The van der Waals surface area contributed by atoms with Gasteiger partial charge in [-0.25, -0.2) is 0 Å². The molecule has 0 aliphatic carbocycles. The van der Waals surface area contributed by atoms with Gasteiger partial charge in [-0.3, -0.25) is 4.90 Å². The summed E-state index contributed by atoms with van der Waals surface area (Å²) >= 11 is 0. The Kier molecular flexibility index (Phi) is 5.42. The Labute approximate surface area is 112 Å². The molecule has 0 fully saturated rings. The van der Waals surface area contributed by atoms with Gasteiger partial charge in [-0.05, 0) is 39.8 Å². The van der Waals surface area contributed by atoms with Crippen LogP contribution >= 0.6 is 0 Å². The zero-order chi connectivity index (χ0) is 13.8. The maximum absolute atomic E-state index is 5.60. The molecule has 18 heavy (non-hydrogen) atoms. The van der Waals surface area contributed by atoms with Crippen LogP contribution in [0.2, 0.25) is 0 Å². The van der Waals surface area contributed by atoms with Crippen LogP contribution in [0.3, 0.4) is 0 Å². The standard InChI is InChI=1S/C15H28N2O/c1-12(2)10-17(6)11-14-13(7-8-18-14)9-16-15(3,4)5/h7-8,12,16H,9-11H2,1-6H3. The van der Waals surface area contributed by atoms with Crippen molar-refractivity contribution >= 4 is 0 Å². The number of nitrogens with one attached hydrogen (secondary N) is 1. The summed E-state index contributed by atoms with van der Waals surface area (Å²) in [5.74, 6) is 1.76. The lowest BCUT2D eigenvalue weighted by atomic mass is 10.1. The largest absolute Gasteiger partial charge is 0.468 e. The molecule has 104 valence electrons. The van der Waals surface area contributed by atoms with E-state index in [0.717, 1.165) is 25.4 Å². The Morgan fingerprint density at radius 1 is 1.33 bits per heavy atom. The highest BCUT2D eigenvalue weighted by Crippen LogP contribution is 2.14. The quantitative estimate of drug-likeness (QED) is 0.842. The molecule has 1 N–H and O–H groups in total. The van der Waals surface area contributed by atoms with Crippen molar-refractivity contribution in [2.24, 2.45) is 5.92 Å². The highest BCUT2D eigenvalue weighted by Gasteiger charge is 2.13. The van der Waals surface area contributed by atoms with E-state index in [1.807, 2.05) is 0 Å². The topological polar surface area (TPSA) is 28.4 Å². The van der Waals surface area contributed by atoms with E-state index in [1.165, 1.54) is 5.56 Å². The summed E-state index contributed by atoms with van der Waals surface area (Å²) in [6, 6.07) is 2.07. The first kappa shape index (κ1) is 15.3. The van der Waals surface area contributed by atoms with Crippen molar-refractivity contribution in [1.82, 2.24) is 10.2 Å². The SMILES string of the molecule is CC(C)CN(C)Cc1occc1CNC(C)(C)C. The lowest BCUT2D eigenvalue weighted by Gasteiger charge is -2.21. The van der Waals surface area contributed by atoms with Gasteiger partial charge >= 0.3 is 0 Å². The molecule has 0 aliphatic rings. The van der Waals surface area contributed by atoms with Gasteiger partial charge in [0.2, 0.25) is 0 Å². The lowest BCUT2D eigenvalue weighted by Crippen LogP contribution is -2.35. The first-order valence-corrected chi connectivity index (χ1v) is 6.77. The molecule has 0 aromatic carbocycles. The molecule has 0 spiro atoms. The molecule has 0 atom stereocenters. The molecule has 0 unspecified atom stereocenters. The lowest BCUT2D eigenvalue weighted by molar-refractivity contribution is 0.263. The van der Waals surface area contributed by atoms with Crippen LogP contribution in [0.15, 0.2) is 16.7 Å². The highest BCUT2D eigenvalue weighted by molar-refractivity contribution is 5.17. The van der Waals surface area contributed by atoms with Gasteiger partial charge in [0.15, 0.2) is 0 Å². The van der Waals surface area contributed by atoms with Gasteiger partial charge in [0.05, 0.1) is 12.8 Å². The van der Waals surface area contributed by atoms with Crippen LogP contribution in [0.4, 0.5) is 0 Å². The minimum Gasteiger partial charge on any atom is -0.468 e. The highest BCUT2D eigenvalue weighted by atomic mass is 16.3. The minimum atomic E-state index is 0.137. The summed E-state index contributed by atoms with van der Waals surface area (Å²) in [5, 5.41) is 3.50. The third-order valence-corrected chi connectivity index (χ3v) is 2.74. The number of nitrogens with zero attached hydrogens (tertiary/aromatic N) is 1. The van der Waals surface area contributed by atoms with E-state index in [-0.39, 0.29) is 5.54 Å². The van der Waals surface area contributed by atoms with Gasteiger partial charge in [-0.2, -0.15) is 0 Å². The predicted octanol–water partition coefficient (Wildman–Crippen LogP) is 3.26. The van der Waals surface area contributed by atoms with Crippen LogP contribution in [0, 0.1) is 5.92 Å². The third-order valence-electron chi connectivity index (χ3n) is 2.74. The molecule has 3 nitrogen and oxygen atoms in total. The van der Waals surface area contributed by atoms with E-state index in [0.29, 0.717) is 5.92 Å². The molecule has 0 aliphatic heterocycles. The van der Waals surface area contributed by atoms with Gasteiger partial charge in [0.1, 0.15) is 5.76 Å². The normalized spacial score (nSPS) is 12.7. The molecule has 1 rings (SSSR count). The number of rotatable bonds is 6.